The topological polar surface area (TPSA) is 120 Å². The lowest BCUT2D eigenvalue weighted by Gasteiger charge is -2.40. The molecule has 2 aliphatic rings. The maximum absolute atomic E-state index is 14.9. The van der Waals surface area contributed by atoms with Crippen molar-refractivity contribution >= 4 is 33.4 Å². The highest BCUT2D eigenvalue weighted by atomic mass is 79.9. The van der Waals surface area contributed by atoms with Crippen molar-refractivity contribution in [3.63, 3.8) is 0 Å². The Morgan fingerprint density at radius 1 is 0.957 bits per heavy atom. The van der Waals surface area contributed by atoms with Gasteiger partial charge in [-0.3, -0.25) is 4.79 Å². The number of rotatable bonds is 10. The van der Waals surface area contributed by atoms with Crippen LogP contribution in [0, 0.1) is 0 Å². The molecule has 238 valence electrons. The van der Waals surface area contributed by atoms with Gasteiger partial charge in [-0.2, -0.15) is 4.98 Å². The van der Waals surface area contributed by atoms with Gasteiger partial charge in [0.15, 0.2) is 17.5 Å². The van der Waals surface area contributed by atoms with Gasteiger partial charge in [0.2, 0.25) is 5.90 Å². The van der Waals surface area contributed by atoms with Crippen molar-refractivity contribution in [3.05, 3.63) is 124 Å². The Bertz CT molecular complexity index is 1930. The molecule has 47 heavy (non-hydrogen) atoms. The van der Waals surface area contributed by atoms with Gasteiger partial charge in [0.25, 0.3) is 11.8 Å². The smallest absolute Gasteiger partial charge is 0.260 e. The number of hydrogen-bond acceptors (Lipinski definition) is 9. The van der Waals surface area contributed by atoms with Crippen molar-refractivity contribution in [2.24, 2.45) is 4.99 Å². The number of aliphatic hydroxyl groups is 1. The monoisotopic (exact) mass is 694 g/mol. The second kappa shape index (κ2) is 13.0. The Balaban J connectivity index is 1.27. The lowest BCUT2D eigenvalue weighted by atomic mass is 9.78. The van der Waals surface area contributed by atoms with Crippen molar-refractivity contribution in [1.29, 1.82) is 0 Å². The fraction of sp³-hybridized carbons (Fsp3) is 0.222. The maximum Gasteiger partial charge on any atom is 0.260 e. The minimum Gasteiger partial charge on any atom is -0.497 e. The second-order valence-electron chi connectivity index (χ2n) is 11.3. The number of ether oxygens (including phenoxy) is 3. The van der Waals surface area contributed by atoms with E-state index in [1.165, 1.54) is 0 Å². The standard InChI is InChI=1S/C36H31BrN4O6/c1-44-26-15-11-23(12-16-26)33-38-31(40-47-33)22-41-30-10-5-2-7-25(30)21-36(35(41)43)32(28-8-3-4-9-29(28)37)46-34(39-36)24-13-17-27(18-14-24)45-20-6-19-42/h2-5,7-18,32,42H,6,19-22H2,1H3/t32-,36-/m0/s1. The SMILES string of the molecule is COc1ccc(-c2nc(CN3C(=O)[C@@]4(Cc5ccccc53)N=C(c3ccc(OCCCO)cc3)O[C@H]4c3ccccc3Br)no2)cc1. The number of amides is 1. The Hall–Kier alpha value is -5.00. The molecular weight excluding hydrogens is 664 g/mol. The van der Waals surface area contributed by atoms with E-state index in [2.05, 4.69) is 26.1 Å². The molecular formula is C36H31BrN4O6. The van der Waals surface area contributed by atoms with Crippen LogP contribution >= 0.6 is 15.9 Å². The van der Waals surface area contributed by atoms with Crippen LogP contribution in [-0.2, 0) is 22.5 Å². The van der Waals surface area contributed by atoms with E-state index in [0.717, 1.165) is 32.6 Å². The molecule has 1 N–H and O–H groups in total. The van der Waals surface area contributed by atoms with Gasteiger partial charge in [0, 0.05) is 46.3 Å². The first kappa shape index (κ1) is 30.6. The molecule has 1 spiro atoms. The first-order chi connectivity index (χ1) is 23.0. The van der Waals surface area contributed by atoms with E-state index in [0.29, 0.717) is 48.4 Å². The number of fused-ring (bicyclic) bond motifs is 1. The largest absolute Gasteiger partial charge is 0.497 e. The van der Waals surface area contributed by atoms with Gasteiger partial charge >= 0.3 is 0 Å². The minimum absolute atomic E-state index is 0.0615. The van der Waals surface area contributed by atoms with Gasteiger partial charge in [-0.15, -0.1) is 0 Å². The van der Waals surface area contributed by atoms with E-state index in [1.54, 1.807) is 12.0 Å². The Kier molecular flexibility index (Phi) is 8.48. The number of anilines is 1. The van der Waals surface area contributed by atoms with Crippen LogP contribution in [0.4, 0.5) is 5.69 Å². The summed E-state index contributed by atoms with van der Waals surface area (Å²) in [5.74, 6) is 2.21. The highest BCUT2D eigenvalue weighted by Crippen LogP contribution is 2.49. The minimum atomic E-state index is -1.31. The summed E-state index contributed by atoms with van der Waals surface area (Å²) in [6.07, 6.45) is 0.150. The number of methoxy groups -OCH3 is 1. The summed E-state index contributed by atoms with van der Waals surface area (Å²) < 4.78 is 24.0. The maximum atomic E-state index is 14.9. The van der Waals surface area contributed by atoms with Crippen LogP contribution in [-0.4, -0.2) is 52.9 Å². The summed E-state index contributed by atoms with van der Waals surface area (Å²) in [5, 5.41) is 13.3. The number of aromatic nitrogens is 2. The number of halogens is 1. The van der Waals surface area contributed by atoms with E-state index in [9.17, 15) is 4.79 Å². The quantitative estimate of drug-likeness (QED) is 0.169. The Morgan fingerprint density at radius 2 is 1.68 bits per heavy atom. The van der Waals surface area contributed by atoms with Crippen LogP contribution in [0.25, 0.3) is 11.5 Å². The highest BCUT2D eigenvalue weighted by molar-refractivity contribution is 9.10. The molecule has 0 aliphatic carbocycles. The van der Waals surface area contributed by atoms with Crippen LogP contribution in [0.2, 0.25) is 0 Å². The third-order valence-electron chi connectivity index (χ3n) is 8.29. The Morgan fingerprint density at radius 3 is 2.45 bits per heavy atom. The molecule has 3 heterocycles. The predicted octanol–water partition coefficient (Wildman–Crippen LogP) is 6.32. The van der Waals surface area contributed by atoms with Gasteiger partial charge in [-0.25, -0.2) is 4.99 Å². The fourth-order valence-electron chi connectivity index (χ4n) is 5.96. The van der Waals surface area contributed by atoms with Gasteiger partial charge < -0.3 is 28.7 Å². The van der Waals surface area contributed by atoms with Crippen molar-refractivity contribution in [2.75, 3.05) is 25.2 Å². The van der Waals surface area contributed by atoms with Crippen LogP contribution in [0.5, 0.6) is 11.5 Å². The molecule has 2 atom stereocenters. The number of carbonyl (C=O) groups excluding carboxylic acids is 1. The van der Waals surface area contributed by atoms with E-state index in [-0.39, 0.29) is 19.1 Å². The van der Waals surface area contributed by atoms with Crippen molar-refractivity contribution < 1.29 is 28.6 Å². The second-order valence-corrected chi connectivity index (χ2v) is 12.1. The molecule has 0 fully saturated rings. The molecule has 11 heteroatoms. The first-order valence-corrected chi connectivity index (χ1v) is 16.0. The van der Waals surface area contributed by atoms with Gasteiger partial charge in [0.05, 0.1) is 20.3 Å². The summed E-state index contributed by atoms with van der Waals surface area (Å²) in [6, 6.07) is 30.3. The first-order valence-electron chi connectivity index (χ1n) is 15.2. The summed E-state index contributed by atoms with van der Waals surface area (Å²) in [4.78, 5) is 26.4. The van der Waals surface area contributed by atoms with Crippen LogP contribution in [0.1, 0.15) is 35.0 Å². The molecule has 0 saturated heterocycles. The van der Waals surface area contributed by atoms with E-state index in [4.69, 9.17) is 28.8 Å². The van der Waals surface area contributed by atoms with Crippen LogP contribution < -0.4 is 14.4 Å². The molecule has 1 amide bonds. The van der Waals surface area contributed by atoms with E-state index >= 15 is 0 Å². The lowest BCUT2D eigenvalue weighted by Crippen LogP contribution is -2.55. The molecule has 0 unspecified atom stereocenters. The summed E-state index contributed by atoms with van der Waals surface area (Å²) in [6.45, 7) is 0.545. The number of para-hydroxylation sites is 1. The fourth-order valence-corrected chi connectivity index (χ4v) is 6.45. The third kappa shape index (κ3) is 5.88. The molecule has 10 nitrogen and oxygen atoms in total. The average Bonchev–Trinajstić information content (AvgIpc) is 3.73. The number of nitrogens with zero attached hydrogens (tertiary/aromatic N) is 4. The van der Waals surface area contributed by atoms with Crippen LogP contribution in [0.3, 0.4) is 0 Å². The zero-order chi connectivity index (χ0) is 32.4. The van der Waals surface area contributed by atoms with Crippen molar-refractivity contribution in [3.8, 4) is 23.0 Å². The lowest BCUT2D eigenvalue weighted by molar-refractivity contribution is -0.127. The number of aliphatic hydroxyl groups excluding tert-OH is 1. The predicted molar refractivity (Wildman–Crippen MR) is 178 cm³/mol. The summed E-state index contributed by atoms with van der Waals surface area (Å²) in [7, 11) is 1.61. The normalized spacial score (nSPS) is 18.5. The van der Waals surface area contributed by atoms with Gasteiger partial charge in [-0.1, -0.05) is 57.5 Å². The average molecular weight is 696 g/mol. The highest BCUT2D eigenvalue weighted by Gasteiger charge is 2.58. The third-order valence-corrected chi connectivity index (χ3v) is 9.01. The van der Waals surface area contributed by atoms with Gasteiger partial charge in [-0.05, 0) is 66.2 Å². The molecule has 1 aromatic heterocycles. The zero-order valence-corrected chi connectivity index (χ0v) is 27.1. The summed E-state index contributed by atoms with van der Waals surface area (Å²) in [5.41, 5.74) is 2.66. The van der Waals surface area contributed by atoms with Gasteiger partial charge in [0.1, 0.15) is 11.5 Å². The number of aliphatic imine (C=N–C) groups is 1. The van der Waals surface area contributed by atoms with Crippen LogP contribution in [0.15, 0.2) is 111 Å². The molecule has 5 aromatic rings. The molecule has 0 saturated carbocycles. The molecule has 0 radical (unpaired) electrons. The molecule has 7 rings (SSSR count). The number of carbonyl (C=O) groups is 1. The van der Waals surface area contributed by atoms with Crippen molar-refractivity contribution in [2.45, 2.75) is 31.0 Å². The Labute approximate surface area is 279 Å². The van der Waals surface area contributed by atoms with E-state index in [1.807, 2.05) is 97.1 Å². The van der Waals surface area contributed by atoms with E-state index < -0.39 is 11.6 Å². The summed E-state index contributed by atoms with van der Waals surface area (Å²) >= 11 is 3.70. The molecule has 4 aromatic carbocycles. The number of hydrogen-bond donors (Lipinski definition) is 1. The zero-order valence-electron chi connectivity index (χ0n) is 25.5. The van der Waals surface area contributed by atoms with Crippen molar-refractivity contribution in [1.82, 2.24) is 10.1 Å². The number of benzene rings is 4. The molecule has 0 bridgehead atoms. The molecule has 2 aliphatic heterocycles.